The number of imide groups is 1. The van der Waals surface area contributed by atoms with Crippen LogP contribution in [0.1, 0.15) is 38.1 Å². The highest BCUT2D eigenvalue weighted by Gasteiger charge is 2.44. The Bertz CT molecular complexity index is 651. The molecule has 3 rings (SSSR count). The number of urea groups is 1. The molecule has 7 nitrogen and oxygen atoms in total. The fourth-order valence-electron chi connectivity index (χ4n) is 3.71. The first-order chi connectivity index (χ1) is 11.3. The van der Waals surface area contributed by atoms with E-state index in [0.29, 0.717) is 12.6 Å². The van der Waals surface area contributed by atoms with Crippen molar-refractivity contribution in [1.29, 1.82) is 0 Å². The molecule has 0 spiro atoms. The average Bonchev–Trinajstić information content (AvgIpc) is 3.10. The van der Waals surface area contributed by atoms with Crippen molar-refractivity contribution < 1.29 is 9.59 Å². The Balaban J connectivity index is 1.59. The number of hydrogen-bond donors (Lipinski definition) is 1. The van der Waals surface area contributed by atoms with Gasteiger partial charge >= 0.3 is 6.03 Å². The first-order valence-electron chi connectivity index (χ1n) is 8.67. The van der Waals surface area contributed by atoms with Crippen molar-refractivity contribution in [3.05, 3.63) is 17.5 Å². The molecule has 0 bridgehead atoms. The van der Waals surface area contributed by atoms with Gasteiger partial charge in [0.25, 0.3) is 5.91 Å². The van der Waals surface area contributed by atoms with Gasteiger partial charge in [-0.1, -0.05) is 0 Å². The Labute approximate surface area is 143 Å². The second kappa shape index (κ2) is 6.20. The van der Waals surface area contributed by atoms with Crippen LogP contribution in [0.3, 0.4) is 0 Å². The normalized spacial score (nSPS) is 24.0. The van der Waals surface area contributed by atoms with Gasteiger partial charge in [-0.3, -0.25) is 19.3 Å². The van der Waals surface area contributed by atoms with Crippen LogP contribution in [0.15, 0.2) is 6.07 Å². The highest BCUT2D eigenvalue weighted by molar-refractivity contribution is 6.06. The molecule has 0 radical (unpaired) electrons. The van der Waals surface area contributed by atoms with E-state index >= 15 is 0 Å². The lowest BCUT2D eigenvalue weighted by atomic mass is 10.1. The van der Waals surface area contributed by atoms with Crippen molar-refractivity contribution in [2.24, 2.45) is 0 Å². The molecule has 1 aromatic heterocycles. The number of aryl methyl sites for hydroxylation is 2. The van der Waals surface area contributed by atoms with Gasteiger partial charge in [-0.15, -0.1) is 0 Å². The third kappa shape index (κ3) is 3.17. The van der Waals surface area contributed by atoms with E-state index in [9.17, 15) is 9.59 Å². The summed E-state index contributed by atoms with van der Waals surface area (Å²) in [5.41, 5.74) is 1.43. The maximum Gasteiger partial charge on any atom is 0.325 e. The van der Waals surface area contributed by atoms with E-state index in [0.717, 1.165) is 38.2 Å². The number of rotatable bonds is 5. The minimum absolute atomic E-state index is 0.137. The summed E-state index contributed by atoms with van der Waals surface area (Å²) in [5.74, 6) is -0.137. The summed E-state index contributed by atoms with van der Waals surface area (Å²) in [5, 5.41) is 7.28. The Kier molecular flexibility index (Phi) is 4.38. The van der Waals surface area contributed by atoms with Gasteiger partial charge in [-0.25, -0.2) is 4.79 Å². The van der Waals surface area contributed by atoms with Crippen LogP contribution < -0.4 is 5.32 Å². The number of hydrogen-bond acceptors (Lipinski definition) is 4. The van der Waals surface area contributed by atoms with Crippen molar-refractivity contribution in [3.8, 4) is 0 Å². The summed E-state index contributed by atoms with van der Waals surface area (Å²) in [6, 6.07) is 2.23. The van der Waals surface area contributed by atoms with E-state index in [1.165, 1.54) is 10.6 Å². The summed E-state index contributed by atoms with van der Waals surface area (Å²) in [6.07, 6.45) is 2.28. The van der Waals surface area contributed by atoms with Crippen molar-refractivity contribution in [1.82, 2.24) is 24.9 Å². The lowest BCUT2D eigenvalue weighted by Gasteiger charge is -2.26. The summed E-state index contributed by atoms with van der Waals surface area (Å²) in [4.78, 5) is 28.0. The molecule has 24 heavy (non-hydrogen) atoms. The predicted molar refractivity (Wildman–Crippen MR) is 90.6 cm³/mol. The molecule has 3 heterocycles. The molecule has 2 aliphatic rings. The van der Waals surface area contributed by atoms with E-state index < -0.39 is 5.54 Å². The zero-order valence-electron chi connectivity index (χ0n) is 15.0. The highest BCUT2D eigenvalue weighted by Crippen LogP contribution is 2.21. The molecule has 0 aliphatic carbocycles. The Morgan fingerprint density at radius 1 is 1.29 bits per heavy atom. The molecule has 0 saturated carbocycles. The maximum absolute atomic E-state index is 12.3. The SMILES string of the molecule is Cc1cc(C)n(CC2CCCN2CCN2C(=O)NC(C)(C)C2=O)n1. The fourth-order valence-corrected chi connectivity index (χ4v) is 3.71. The molecule has 1 N–H and O–H groups in total. The number of carbonyl (C=O) groups excluding carboxylic acids is 2. The quantitative estimate of drug-likeness (QED) is 0.825. The minimum Gasteiger partial charge on any atom is -0.324 e. The van der Waals surface area contributed by atoms with Crippen LogP contribution in [0.25, 0.3) is 0 Å². The second-order valence-electron chi connectivity index (χ2n) is 7.45. The zero-order valence-corrected chi connectivity index (χ0v) is 15.0. The van der Waals surface area contributed by atoms with Gasteiger partial charge in [0, 0.05) is 24.8 Å². The van der Waals surface area contributed by atoms with Gasteiger partial charge in [0.15, 0.2) is 0 Å². The summed E-state index contributed by atoms with van der Waals surface area (Å²) in [6.45, 7) is 10.6. The van der Waals surface area contributed by atoms with Gasteiger partial charge < -0.3 is 5.32 Å². The first-order valence-corrected chi connectivity index (χ1v) is 8.67. The molecule has 2 aliphatic heterocycles. The minimum atomic E-state index is -0.787. The smallest absolute Gasteiger partial charge is 0.324 e. The number of likely N-dealkylation sites (tertiary alicyclic amines) is 1. The lowest BCUT2D eigenvalue weighted by molar-refractivity contribution is -0.130. The van der Waals surface area contributed by atoms with E-state index in [4.69, 9.17) is 0 Å². The lowest BCUT2D eigenvalue weighted by Crippen LogP contribution is -2.43. The Morgan fingerprint density at radius 2 is 2.04 bits per heavy atom. The van der Waals surface area contributed by atoms with Crippen molar-refractivity contribution in [2.75, 3.05) is 19.6 Å². The van der Waals surface area contributed by atoms with E-state index in [1.807, 2.05) is 6.92 Å². The molecule has 132 valence electrons. The van der Waals surface area contributed by atoms with Gasteiger partial charge in [0.05, 0.1) is 12.2 Å². The summed E-state index contributed by atoms with van der Waals surface area (Å²) < 4.78 is 2.06. The molecule has 1 aromatic rings. The Hall–Kier alpha value is -1.89. The van der Waals surface area contributed by atoms with Crippen molar-refractivity contribution >= 4 is 11.9 Å². The second-order valence-corrected chi connectivity index (χ2v) is 7.45. The third-order valence-electron chi connectivity index (χ3n) is 5.04. The molecule has 2 saturated heterocycles. The maximum atomic E-state index is 12.3. The number of aromatic nitrogens is 2. The average molecular weight is 333 g/mol. The number of nitrogens with zero attached hydrogens (tertiary/aromatic N) is 4. The number of amides is 3. The number of nitrogens with one attached hydrogen (secondary N) is 1. The molecular weight excluding hydrogens is 306 g/mol. The third-order valence-corrected chi connectivity index (χ3v) is 5.04. The zero-order chi connectivity index (χ0) is 17.5. The van der Waals surface area contributed by atoms with Crippen LogP contribution in [-0.2, 0) is 11.3 Å². The molecule has 1 atom stereocenters. The van der Waals surface area contributed by atoms with E-state index in [-0.39, 0.29) is 11.9 Å². The van der Waals surface area contributed by atoms with Crippen molar-refractivity contribution in [3.63, 3.8) is 0 Å². The standard InChI is InChI=1S/C17H27N5O2/c1-12-10-13(2)22(19-12)11-14-6-5-7-20(14)8-9-21-15(23)17(3,4)18-16(21)24/h10,14H,5-9,11H2,1-4H3,(H,18,24). The molecular formula is C17H27N5O2. The highest BCUT2D eigenvalue weighted by atomic mass is 16.2. The molecule has 3 amide bonds. The number of carbonyl (C=O) groups is 2. The molecule has 1 unspecified atom stereocenters. The van der Waals surface area contributed by atoms with Crippen molar-refractivity contribution in [2.45, 2.75) is 58.7 Å². The van der Waals surface area contributed by atoms with E-state index in [2.05, 4.69) is 33.0 Å². The first kappa shape index (κ1) is 17.0. The fraction of sp³-hybridized carbons (Fsp3) is 0.706. The van der Waals surface area contributed by atoms with Gasteiger partial charge in [0.2, 0.25) is 0 Å². The summed E-state index contributed by atoms with van der Waals surface area (Å²) >= 11 is 0. The predicted octanol–water partition coefficient (Wildman–Crippen LogP) is 1.29. The van der Waals surface area contributed by atoms with Gasteiger partial charge in [-0.2, -0.15) is 5.10 Å². The monoisotopic (exact) mass is 333 g/mol. The Morgan fingerprint density at radius 3 is 2.62 bits per heavy atom. The van der Waals surface area contributed by atoms with Crippen LogP contribution in [0.4, 0.5) is 4.79 Å². The van der Waals surface area contributed by atoms with Gasteiger partial charge in [0.1, 0.15) is 5.54 Å². The molecule has 2 fully saturated rings. The largest absolute Gasteiger partial charge is 0.325 e. The van der Waals surface area contributed by atoms with Crippen LogP contribution in [-0.4, -0.2) is 62.7 Å². The van der Waals surface area contributed by atoms with Crippen LogP contribution >= 0.6 is 0 Å². The topological polar surface area (TPSA) is 70.5 Å². The van der Waals surface area contributed by atoms with Crippen LogP contribution in [0.2, 0.25) is 0 Å². The summed E-state index contributed by atoms with van der Waals surface area (Å²) in [7, 11) is 0. The van der Waals surface area contributed by atoms with Gasteiger partial charge in [-0.05, 0) is 53.1 Å². The molecule has 7 heteroatoms. The van der Waals surface area contributed by atoms with Crippen LogP contribution in [0.5, 0.6) is 0 Å². The van der Waals surface area contributed by atoms with E-state index in [1.54, 1.807) is 13.8 Å². The van der Waals surface area contributed by atoms with Crippen LogP contribution in [0, 0.1) is 13.8 Å². The molecule has 0 aromatic carbocycles.